The molecule has 0 spiro atoms. The van der Waals surface area contributed by atoms with E-state index in [0.29, 0.717) is 5.92 Å². The van der Waals surface area contributed by atoms with Crippen molar-refractivity contribution in [2.24, 2.45) is 0 Å². The Bertz CT molecular complexity index is 723. The highest BCUT2D eigenvalue weighted by Gasteiger charge is 2.34. The molecule has 0 bridgehead atoms. The molecule has 2 aliphatic rings. The molecule has 0 saturated carbocycles. The van der Waals surface area contributed by atoms with Gasteiger partial charge in [0.05, 0.1) is 12.3 Å². The van der Waals surface area contributed by atoms with Crippen LogP contribution in [-0.2, 0) is 14.9 Å². The third-order valence-electron chi connectivity index (χ3n) is 5.65. The highest BCUT2D eigenvalue weighted by atomic mass is 16.5. The number of hydrogen-bond donors (Lipinski definition) is 1. The molecule has 2 saturated heterocycles. The van der Waals surface area contributed by atoms with Gasteiger partial charge in [-0.25, -0.2) is 9.97 Å². The van der Waals surface area contributed by atoms with E-state index >= 15 is 0 Å². The number of rotatable bonds is 5. The van der Waals surface area contributed by atoms with Crippen molar-refractivity contribution in [1.82, 2.24) is 9.97 Å². The number of hydrogen-bond acceptors (Lipinski definition) is 5. The summed E-state index contributed by atoms with van der Waals surface area (Å²) in [6, 6.07) is 12.9. The third-order valence-corrected chi connectivity index (χ3v) is 5.65. The molecule has 138 valence electrons. The number of ether oxygens (including phenoxy) is 2. The lowest BCUT2D eigenvalue weighted by molar-refractivity contribution is 0.0543. The predicted octanol–water partition coefficient (Wildman–Crippen LogP) is 3.45. The van der Waals surface area contributed by atoms with Crippen molar-refractivity contribution in [3.8, 4) is 0 Å². The Hall–Kier alpha value is -1.98. The van der Waals surface area contributed by atoms with Gasteiger partial charge >= 0.3 is 0 Å². The van der Waals surface area contributed by atoms with E-state index < -0.39 is 0 Å². The van der Waals surface area contributed by atoms with Crippen LogP contribution < -0.4 is 5.32 Å². The molecule has 2 aromatic rings. The Morgan fingerprint density at radius 1 is 1.08 bits per heavy atom. The van der Waals surface area contributed by atoms with Gasteiger partial charge in [0.1, 0.15) is 11.6 Å². The first-order valence-corrected chi connectivity index (χ1v) is 9.56. The Balaban J connectivity index is 1.54. The Labute approximate surface area is 155 Å². The lowest BCUT2D eigenvalue weighted by Gasteiger charge is -2.38. The number of aryl methyl sites for hydroxylation is 1. The fourth-order valence-corrected chi connectivity index (χ4v) is 4.04. The first kappa shape index (κ1) is 17.4. The summed E-state index contributed by atoms with van der Waals surface area (Å²) in [7, 11) is 0. The third kappa shape index (κ3) is 3.74. The van der Waals surface area contributed by atoms with E-state index in [1.54, 1.807) is 0 Å². The SMILES string of the molecule is Cc1nc(NCC2(c3ccccc3)CCOCC2)cc([C@H]2CCOC2)n1. The van der Waals surface area contributed by atoms with Crippen molar-refractivity contribution < 1.29 is 9.47 Å². The van der Waals surface area contributed by atoms with E-state index in [0.717, 1.165) is 69.6 Å². The Morgan fingerprint density at radius 3 is 2.62 bits per heavy atom. The fourth-order valence-electron chi connectivity index (χ4n) is 4.04. The van der Waals surface area contributed by atoms with Crippen LogP contribution in [0.3, 0.4) is 0 Å². The quantitative estimate of drug-likeness (QED) is 0.892. The number of nitrogens with one attached hydrogen (secondary N) is 1. The molecule has 26 heavy (non-hydrogen) atoms. The van der Waals surface area contributed by atoms with Gasteiger partial charge in [-0.1, -0.05) is 30.3 Å². The van der Waals surface area contributed by atoms with Gasteiger partial charge in [-0.3, -0.25) is 0 Å². The van der Waals surface area contributed by atoms with Gasteiger partial charge in [0, 0.05) is 43.8 Å². The topological polar surface area (TPSA) is 56.3 Å². The Kier molecular flexibility index (Phi) is 5.18. The second-order valence-electron chi connectivity index (χ2n) is 7.40. The minimum absolute atomic E-state index is 0.0923. The van der Waals surface area contributed by atoms with Gasteiger partial charge in [0.2, 0.25) is 0 Å². The van der Waals surface area contributed by atoms with E-state index in [-0.39, 0.29) is 5.41 Å². The molecule has 1 N–H and O–H groups in total. The van der Waals surface area contributed by atoms with Crippen LogP contribution in [0.25, 0.3) is 0 Å². The van der Waals surface area contributed by atoms with Gasteiger partial charge < -0.3 is 14.8 Å². The van der Waals surface area contributed by atoms with E-state index in [1.165, 1.54) is 5.56 Å². The summed E-state index contributed by atoms with van der Waals surface area (Å²) >= 11 is 0. The molecule has 0 aliphatic carbocycles. The normalized spacial score (nSPS) is 22.3. The molecule has 5 heteroatoms. The van der Waals surface area contributed by atoms with E-state index in [4.69, 9.17) is 9.47 Å². The second kappa shape index (κ2) is 7.72. The van der Waals surface area contributed by atoms with Crippen LogP contribution in [0.1, 0.15) is 42.3 Å². The van der Waals surface area contributed by atoms with Crippen LogP contribution in [0.5, 0.6) is 0 Å². The molecular weight excluding hydrogens is 326 g/mol. The molecule has 0 radical (unpaired) electrons. The van der Waals surface area contributed by atoms with Gasteiger partial charge in [0.25, 0.3) is 0 Å². The first-order valence-electron chi connectivity index (χ1n) is 9.56. The molecule has 1 aromatic heterocycles. The predicted molar refractivity (Wildman–Crippen MR) is 102 cm³/mol. The van der Waals surface area contributed by atoms with Crippen molar-refractivity contribution in [2.75, 3.05) is 38.3 Å². The summed E-state index contributed by atoms with van der Waals surface area (Å²) in [5, 5.41) is 3.61. The van der Waals surface area contributed by atoms with Crippen LogP contribution in [0.15, 0.2) is 36.4 Å². The zero-order valence-electron chi connectivity index (χ0n) is 15.4. The van der Waals surface area contributed by atoms with Gasteiger partial charge in [0.15, 0.2) is 0 Å². The molecule has 0 unspecified atom stereocenters. The highest BCUT2D eigenvalue weighted by molar-refractivity contribution is 5.39. The van der Waals surface area contributed by atoms with E-state index in [9.17, 15) is 0 Å². The molecule has 2 aliphatic heterocycles. The summed E-state index contributed by atoms with van der Waals surface area (Å²) in [6.45, 7) is 6.03. The second-order valence-corrected chi connectivity index (χ2v) is 7.40. The zero-order valence-corrected chi connectivity index (χ0v) is 15.4. The maximum absolute atomic E-state index is 5.64. The molecule has 4 rings (SSSR count). The molecule has 3 heterocycles. The minimum atomic E-state index is 0.0923. The molecular formula is C21H27N3O2. The van der Waals surface area contributed by atoms with E-state index in [1.807, 2.05) is 6.92 Å². The van der Waals surface area contributed by atoms with Gasteiger partial charge in [-0.15, -0.1) is 0 Å². The maximum Gasteiger partial charge on any atom is 0.129 e. The fraction of sp³-hybridized carbons (Fsp3) is 0.524. The summed E-state index contributed by atoms with van der Waals surface area (Å²) in [6.07, 6.45) is 3.09. The first-order chi connectivity index (χ1) is 12.8. The van der Waals surface area contributed by atoms with Crippen LogP contribution in [0, 0.1) is 6.92 Å². The Morgan fingerprint density at radius 2 is 1.88 bits per heavy atom. The molecule has 1 aromatic carbocycles. The summed E-state index contributed by atoms with van der Waals surface area (Å²) < 4.78 is 11.2. The van der Waals surface area contributed by atoms with Crippen molar-refractivity contribution >= 4 is 5.82 Å². The van der Waals surface area contributed by atoms with Crippen LogP contribution in [0.2, 0.25) is 0 Å². The van der Waals surface area contributed by atoms with E-state index in [2.05, 4.69) is 51.7 Å². The number of anilines is 1. The van der Waals surface area contributed by atoms with Crippen LogP contribution >= 0.6 is 0 Å². The zero-order chi connectivity index (χ0) is 17.8. The maximum atomic E-state index is 5.64. The standard InChI is InChI=1S/C21H27N3O2/c1-16-23-19(17-7-10-26-14-17)13-20(24-16)22-15-21(8-11-25-12-9-21)18-5-3-2-4-6-18/h2-6,13,17H,7-12,14-15H2,1H3,(H,22,23,24)/t17-/m0/s1. The van der Waals surface area contributed by atoms with Crippen molar-refractivity contribution in [2.45, 2.75) is 37.5 Å². The average Bonchev–Trinajstić information content (AvgIpc) is 3.22. The monoisotopic (exact) mass is 353 g/mol. The summed E-state index contributed by atoms with van der Waals surface area (Å²) in [5.74, 6) is 2.13. The van der Waals surface area contributed by atoms with Crippen molar-refractivity contribution in [1.29, 1.82) is 0 Å². The van der Waals surface area contributed by atoms with Crippen LogP contribution in [-0.4, -0.2) is 42.9 Å². The van der Waals surface area contributed by atoms with Crippen LogP contribution in [0.4, 0.5) is 5.82 Å². The number of benzene rings is 1. The lowest BCUT2D eigenvalue weighted by Crippen LogP contribution is -2.40. The van der Waals surface area contributed by atoms with Crippen molar-refractivity contribution in [3.05, 3.63) is 53.5 Å². The summed E-state index contributed by atoms with van der Waals surface area (Å²) in [5.41, 5.74) is 2.57. The van der Waals surface area contributed by atoms with Gasteiger partial charge in [-0.05, 0) is 31.7 Å². The molecule has 1 atom stereocenters. The number of aromatic nitrogens is 2. The van der Waals surface area contributed by atoms with Gasteiger partial charge in [-0.2, -0.15) is 0 Å². The smallest absolute Gasteiger partial charge is 0.129 e. The lowest BCUT2D eigenvalue weighted by atomic mass is 9.74. The minimum Gasteiger partial charge on any atom is -0.381 e. The average molecular weight is 353 g/mol. The largest absolute Gasteiger partial charge is 0.381 e. The molecule has 2 fully saturated rings. The van der Waals surface area contributed by atoms with Crippen molar-refractivity contribution in [3.63, 3.8) is 0 Å². The highest BCUT2D eigenvalue weighted by Crippen LogP contribution is 2.35. The number of nitrogens with zero attached hydrogens (tertiary/aromatic N) is 2. The molecule has 0 amide bonds. The summed E-state index contributed by atoms with van der Waals surface area (Å²) in [4.78, 5) is 9.26. The molecule has 5 nitrogen and oxygen atoms in total.